The minimum atomic E-state index is -0.0193. The third-order valence-corrected chi connectivity index (χ3v) is 11.3. The van der Waals surface area contributed by atoms with Crippen LogP contribution in [0.25, 0.3) is 0 Å². The van der Waals surface area contributed by atoms with Crippen molar-refractivity contribution < 1.29 is 33.0 Å². The number of fused-ring (bicyclic) bond motifs is 2. The molecule has 56 heavy (non-hydrogen) atoms. The molecule has 0 spiro atoms. The number of nitriles is 2. The third kappa shape index (κ3) is 7.99. The Labute approximate surface area is 327 Å². The topological polar surface area (TPSA) is 152 Å². The molecule has 2 atom stereocenters. The van der Waals surface area contributed by atoms with Crippen LogP contribution in [0, 0.1) is 29.6 Å². The predicted octanol–water partition coefficient (Wildman–Crippen LogP) is 5.01. The highest BCUT2D eigenvalue weighted by Crippen LogP contribution is 2.34. The number of aromatic nitrogens is 4. The minimum Gasteiger partial charge on any atom is -0.484 e. The summed E-state index contributed by atoms with van der Waals surface area (Å²) in [6, 6.07) is 18.3. The van der Waals surface area contributed by atoms with Crippen LogP contribution in [0.5, 0.6) is 35.0 Å². The quantitative estimate of drug-likeness (QED) is 0.200. The average molecular weight is 760 g/mol. The number of nitrogens with zero attached hydrogens (tertiary/aromatic N) is 8. The van der Waals surface area contributed by atoms with Gasteiger partial charge >= 0.3 is 5.88 Å². The Morgan fingerprint density at radius 3 is 1.82 bits per heavy atom. The van der Waals surface area contributed by atoms with Crippen molar-refractivity contribution in [2.24, 2.45) is 0 Å². The van der Waals surface area contributed by atoms with Crippen molar-refractivity contribution in [1.82, 2.24) is 24.8 Å². The number of pyridine rings is 4. The maximum Gasteiger partial charge on any atom is 0.368 e. The maximum atomic E-state index is 10.1. The minimum absolute atomic E-state index is 0.0176. The summed E-state index contributed by atoms with van der Waals surface area (Å²) in [5, 5.41) is 20.0. The molecule has 4 aliphatic rings. The van der Waals surface area contributed by atoms with Gasteiger partial charge in [-0.05, 0) is 69.9 Å². The molecule has 0 amide bonds. The molecule has 4 aliphatic heterocycles. The summed E-state index contributed by atoms with van der Waals surface area (Å²) in [6.45, 7) is 12.0. The Kier molecular flexibility index (Phi) is 11.0. The van der Waals surface area contributed by atoms with Crippen LogP contribution >= 0.6 is 0 Å². The van der Waals surface area contributed by atoms with Gasteiger partial charge in [-0.15, -0.1) is 0 Å². The Bertz CT molecular complexity index is 2140. The average Bonchev–Trinajstić information content (AvgIpc) is 3.24. The number of hydrogen-bond acceptors (Lipinski definition) is 13. The number of rotatable bonds is 10. The fourth-order valence-corrected chi connectivity index (χ4v) is 7.87. The first kappa shape index (κ1) is 37.2. The lowest BCUT2D eigenvalue weighted by atomic mass is 10.0. The lowest BCUT2D eigenvalue weighted by molar-refractivity contribution is -0.700. The molecule has 2 saturated heterocycles. The molecule has 2 unspecified atom stereocenters. The number of ether oxygens (including phenoxy) is 6. The molecular weight excluding hydrogens is 713 g/mol. The largest absolute Gasteiger partial charge is 0.484 e. The lowest BCUT2D eigenvalue weighted by Gasteiger charge is -2.35. The van der Waals surface area contributed by atoms with E-state index in [1.165, 1.54) is 0 Å². The normalized spacial score (nSPS) is 18.7. The van der Waals surface area contributed by atoms with E-state index in [1.54, 1.807) is 12.3 Å². The van der Waals surface area contributed by atoms with E-state index < -0.39 is 0 Å². The molecule has 0 saturated carbocycles. The number of hydrogen-bond donors (Lipinski definition) is 0. The molecule has 8 heterocycles. The third-order valence-electron chi connectivity index (χ3n) is 11.3. The van der Waals surface area contributed by atoms with Gasteiger partial charge in [-0.3, -0.25) is 9.80 Å². The van der Waals surface area contributed by atoms with Crippen LogP contribution < -0.4 is 33.0 Å². The molecule has 14 nitrogen and oxygen atoms in total. The van der Waals surface area contributed by atoms with Gasteiger partial charge < -0.3 is 28.4 Å². The van der Waals surface area contributed by atoms with Crippen molar-refractivity contribution >= 4 is 0 Å². The molecule has 4 aromatic heterocycles. The molecule has 2 fully saturated rings. The second kappa shape index (κ2) is 16.6. The van der Waals surface area contributed by atoms with Crippen molar-refractivity contribution in [3.8, 4) is 47.2 Å². The lowest BCUT2D eigenvalue weighted by Crippen LogP contribution is -2.44. The van der Waals surface area contributed by atoms with Crippen LogP contribution in [-0.4, -0.2) is 89.6 Å². The zero-order valence-electron chi connectivity index (χ0n) is 32.1. The van der Waals surface area contributed by atoms with E-state index in [1.807, 2.05) is 47.9 Å². The van der Waals surface area contributed by atoms with Crippen LogP contribution in [-0.2, 0) is 6.54 Å². The van der Waals surface area contributed by atoms with Gasteiger partial charge in [0.15, 0.2) is 23.7 Å². The molecule has 4 aromatic rings. The van der Waals surface area contributed by atoms with Crippen LogP contribution in [0.3, 0.4) is 0 Å². The first-order chi connectivity index (χ1) is 27.4. The number of likely N-dealkylation sites (tertiary alicyclic amines) is 2. The van der Waals surface area contributed by atoms with Crippen LogP contribution in [0.4, 0.5) is 0 Å². The van der Waals surface area contributed by atoms with Crippen LogP contribution in [0.2, 0.25) is 0 Å². The first-order valence-corrected chi connectivity index (χ1v) is 19.5. The van der Waals surface area contributed by atoms with Crippen molar-refractivity contribution in [1.29, 1.82) is 10.5 Å². The molecule has 0 N–H and O–H groups in total. The fourth-order valence-electron chi connectivity index (χ4n) is 7.87. The molecule has 0 aliphatic carbocycles. The molecule has 14 heteroatoms. The fraction of sp³-hybridized carbons (Fsp3) is 0.476. The highest BCUT2D eigenvalue weighted by atomic mass is 16.6. The van der Waals surface area contributed by atoms with Gasteiger partial charge in [-0.2, -0.15) is 15.1 Å². The monoisotopic (exact) mass is 759 g/mol. The molecule has 0 aromatic carbocycles. The van der Waals surface area contributed by atoms with Crippen molar-refractivity contribution in [3.05, 3.63) is 82.4 Å². The van der Waals surface area contributed by atoms with Gasteiger partial charge in [0.05, 0.1) is 23.0 Å². The first-order valence-electron chi connectivity index (χ1n) is 19.5. The van der Waals surface area contributed by atoms with Crippen LogP contribution in [0.15, 0.2) is 48.7 Å². The van der Waals surface area contributed by atoms with E-state index in [0.29, 0.717) is 79.1 Å². The summed E-state index contributed by atoms with van der Waals surface area (Å²) < 4.78 is 37.8. The molecule has 0 bridgehead atoms. The smallest absolute Gasteiger partial charge is 0.368 e. The molecular formula is C42H47N8O6+. The summed E-state index contributed by atoms with van der Waals surface area (Å²) in [5.41, 5.74) is 4.41. The zero-order chi connectivity index (χ0) is 38.6. The standard InChI is InChI=1S/C42H47N8O6/c1-27-30(23-43)4-9-40(56-34-12-16-49(17-13-34)29(3)36-6-8-38-42(47-36)54-21-19-52-38)50(27)26-31-22-39(45-25-32(31)24-44)55-33-10-14-48(15-11-33)28(2)35-5-7-37-41(46-35)53-20-18-51-37/h4-9,22,25,28-29,33-34H,10-21,26H2,1-3H3/q+1. The van der Waals surface area contributed by atoms with Crippen molar-refractivity contribution in [2.45, 2.75) is 77.3 Å². The highest BCUT2D eigenvalue weighted by Gasteiger charge is 2.31. The van der Waals surface area contributed by atoms with Gasteiger partial charge in [0.2, 0.25) is 5.88 Å². The Morgan fingerprint density at radius 2 is 1.27 bits per heavy atom. The SMILES string of the molecule is Cc1c(C#N)ccc(OC2CCN(C(C)c3ccc4c(n3)OCCO4)CC2)[n+]1Cc1cc(OC2CCN(C(C)c3ccc4c(n3)OCCO4)CC2)ncc1C#N. The van der Waals surface area contributed by atoms with E-state index >= 15 is 0 Å². The molecule has 290 valence electrons. The number of piperidine rings is 2. The van der Waals surface area contributed by atoms with E-state index in [4.69, 9.17) is 38.4 Å². The van der Waals surface area contributed by atoms with Crippen molar-refractivity contribution in [2.75, 3.05) is 52.6 Å². The summed E-state index contributed by atoms with van der Waals surface area (Å²) in [5.74, 6) is 3.63. The summed E-state index contributed by atoms with van der Waals surface area (Å²) in [4.78, 5) is 18.8. The Morgan fingerprint density at radius 1 is 0.732 bits per heavy atom. The molecule has 0 radical (unpaired) electrons. The maximum absolute atomic E-state index is 10.1. The van der Waals surface area contributed by atoms with E-state index in [0.717, 1.165) is 74.5 Å². The highest BCUT2D eigenvalue weighted by molar-refractivity contribution is 5.39. The summed E-state index contributed by atoms with van der Waals surface area (Å²) in [6.07, 6.45) is 4.85. The second-order valence-corrected chi connectivity index (χ2v) is 14.7. The van der Waals surface area contributed by atoms with E-state index in [2.05, 4.69) is 40.8 Å². The van der Waals surface area contributed by atoms with Gasteiger partial charge in [0.1, 0.15) is 56.3 Å². The molecule has 8 rings (SSSR count). The van der Waals surface area contributed by atoms with Gasteiger partial charge in [-0.1, -0.05) is 0 Å². The van der Waals surface area contributed by atoms with Gasteiger partial charge in [-0.25, -0.2) is 15.0 Å². The van der Waals surface area contributed by atoms with E-state index in [-0.39, 0.29) is 24.3 Å². The zero-order valence-corrected chi connectivity index (χ0v) is 32.1. The van der Waals surface area contributed by atoms with Gasteiger partial charge in [0, 0.05) is 63.0 Å². The van der Waals surface area contributed by atoms with E-state index in [9.17, 15) is 10.5 Å². The second-order valence-electron chi connectivity index (χ2n) is 14.7. The summed E-state index contributed by atoms with van der Waals surface area (Å²) >= 11 is 0. The predicted molar refractivity (Wildman–Crippen MR) is 202 cm³/mol. The van der Waals surface area contributed by atoms with Crippen LogP contribution in [0.1, 0.15) is 85.4 Å². The summed E-state index contributed by atoms with van der Waals surface area (Å²) in [7, 11) is 0. The van der Waals surface area contributed by atoms with Crippen molar-refractivity contribution in [3.63, 3.8) is 0 Å². The Balaban J connectivity index is 0.909. The Hall–Kier alpha value is -5.70. The van der Waals surface area contributed by atoms with Gasteiger partial charge in [0.25, 0.3) is 11.8 Å².